The van der Waals surface area contributed by atoms with E-state index in [-0.39, 0.29) is 33.5 Å². The van der Waals surface area contributed by atoms with Crippen molar-refractivity contribution in [1.29, 1.82) is 0 Å². The van der Waals surface area contributed by atoms with Gasteiger partial charge in [-0.3, -0.25) is 4.90 Å². The van der Waals surface area contributed by atoms with Gasteiger partial charge in [-0.2, -0.15) is 0 Å². The number of nitrogens with zero attached hydrogens (tertiary/aromatic N) is 1. The molecule has 0 aliphatic carbocycles. The van der Waals surface area contributed by atoms with Crippen LogP contribution in [-0.2, 0) is 29.4 Å². The van der Waals surface area contributed by atoms with Crippen LogP contribution in [0.5, 0.6) is 11.5 Å². The molecule has 48 heavy (non-hydrogen) atoms. The zero-order valence-electron chi connectivity index (χ0n) is 26.3. The van der Waals surface area contributed by atoms with Gasteiger partial charge >= 0.3 is 5.97 Å². The van der Waals surface area contributed by atoms with E-state index < -0.39 is 21.9 Å². The smallest absolute Gasteiger partial charge is 0.339 e. The molecule has 1 atom stereocenters. The molecule has 0 aromatic heterocycles. The molecule has 10 heteroatoms. The monoisotopic (exact) mass is 685 g/mol. The van der Waals surface area contributed by atoms with Crippen LogP contribution in [0.3, 0.4) is 0 Å². The number of sulfone groups is 1. The van der Waals surface area contributed by atoms with Crippen molar-refractivity contribution in [3.63, 3.8) is 0 Å². The van der Waals surface area contributed by atoms with E-state index in [2.05, 4.69) is 4.90 Å². The number of carbonyl (C=O) groups is 1. The van der Waals surface area contributed by atoms with E-state index in [1.807, 2.05) is 72.8 Å². The van der Waals surface area contributed by atoms with Crippen LogP contribution in [0.4, 0.5) is 0 Å². The molecule has 2 N–H and O–H groups in total. The van der Waals surface area contributed by atoms with Crippen LogP contribution in [0.15, 0.2) is 131 Å². The summed E-state index contributed by atoms with van der Waals surface area (Å²) in [5, 5.41) is 21.5. The zero-order valence-corrected chi connectivity index (χ0v) is 27.9. The average molecular weight is 686 g/mol. The van der Waals surface area contributed by atoms with E-state index in [0.717, 1.165) is 28.3 Å². The number of ether oxygens (including phenoxy) is 2. The Hall–Kier alpha value is -4.67. The molecule has 0 fully saturated rings. The van der Waals surface area contributed by atoms with Gasteiger partial charge in [0.25, 0.3) is 0 Å². The Morgan fingerprint density at radius 3 is 2.10 bits per heavy atom. The molecule has 0 aliphatic heterocycles. The average Bonchev–Trinajstić information content (AvgIpc) is 3.10. The van der Waals surface area contributed by atoms with Crippen LogP contribution in [0.1, 0.15) is 38.7 Å². The third-order valence-corrected chi connectivity index (χ3v) is 9.86. The van der Waals surface area contributed by atoms with Crippen LogP contribution in [-0.4, -0.2) is 49.7 Å². The molecule has 0 bridgehead atoms. The van der Waals surface area contributed by atoms with Gasteiger partial charge in [-0.15, -0.1) is 0 Å². The number of aliphatic hydroxyl groups is 1. The molecule has 0 saturated heterocycles. The van der Waals surface area contributed by atoms with Crippen LogP contribution < -0.4 is 9.47 Å². The first-order valence-electron chi connectivity index (χ1n) is 15.3. The summed E-state index contributed by atoms with van der Waals surface area (Å²) < 4.78 is 38.6. The molecule has 5 rings (SSSR count). The van der Waals surface area contributed by atoms with E-state index in [1.54, 1.807) is 24.3 Å². The maximum Gasteiger partial charge on any atom is 0.339 e. The lowest BCUT2D eigenvalue weighted by molar-refractivity contribution is 0.0690. The SMILES string of the molecule is COc1cc(S(=O)(=O)c2ccc(CCN(Cc3ccccc3)C[C@@H](O)c3cccc(Cl)c3)cc2)cc(C(=O)O)c1OCc1ccccc1. The Kier molecular flexibility index (Phi) is 11.5. The minimum absolute atomic E-state index is 0.000467. The molecule has 248 valence electrons. The highest BCUT2D eigenvalue weighted by molar-refractivity contribution is 7.91. The third-order valence-electron chi connectivity index (χ3n) is 7.88. The maximum absolute atomic E-state index is 13.7. The predicted octanol–water partition coefficient (Wildman–Crippen LogP) is 7.24. The number of rotatable bonds is 15. The van der Waals surface area contributed by atoms with Gasteiger partial charge in [0.05, 0.1) is 23.0 Å². The number of benzene rings is 5. The quantitative estimate of drug-likeness (QED) is 0.119. The van der Waals surface area contributed by atoms with Gasteiger partial charge in [0, 0.05) is 30.7 Å². The van der Waals surface area contributed by atoms with Crippen molar-refractivity contribution in [2.45, 2.75) is 35.5 Å². The van der Waals surface area contributed by atoms with Gasteiger partial charge in [-0.25, -0.2) is 13.2 Å². The minimum Gasteiger partial charge on any atom is -0.493 e. The van der Waals surface area contributed by atoms with Crippen molar-refractivity contribution in [3.8, 4) is 11.5 Å². The molecule has 0 amide bonds. The number of aliphatic hydroxyl groups excluding tert-OH is 1. The zero-order chi connectivity index (χ0) is 34.1. The fraction of sp³-hybridized carbons (Fsp3) is 0.184. The summed E-state index contributed by atoms with van der Waals surface area (Å²) in [6.07, 6.45) is -0.150. The van der Waals surface area contributed by atoms with Crippen molar-refractivity contribution >= 4 is 27.4 Å². The molecule has 0 radical (unpaired) electrons. The Labute approximate surface area is 285 Å². The van der Waals surface area contributed by atoms with Crippen LogP contribution in [0, 0.1) is 0 Å². The third kappa shape index (κ3) is 8.81. The molecule has 0 heterocycles. The normalized spacial score (nSPS) is 12.1. The summed E-state index contributed by atoms with van der Waals surface area (Å²) in [5.74, 6) is -1.40. The van der Waals surface area contributed by atoms with Crippen molar-refractivity contribution in [3.05, 3.63) is 154 Å². The summed E-state index contributed by atoms with van der Waals surface area (Å²) in [7, 11) is -2.77. The summed E-state index contributed by atoms with van der Waals surface area (Å²) in [6.45, 7) is 1.67. The number of aromatic carboxylic acids is 1. The highest BCUT2D eigenvalue weighted by Crippen LogP contribution is 2.37. The first-order chi connectivity index (χ1) is 23.1. The highest BCUT2D eigenvalue weighted by Gasteiger charge is 2.26. The molecule has 0 aliphatic rings. The van der Waals surface area contributed by atoms with Crippen LogP contribution in [0.25, 0.3) is 0 Å². The van der Waals surface area contributed by atoms with E-state index in [4.69, 9.17) is 21.1 Å². The Bertz CT molecular complexity index is 1940. The fourth-order valence-electron chi connectivity index (χ4n) is 5.32. The van der Waals surface area contributed by atoms with Crippen molar-refractivity contribution in [1.82, 2.24) is 4.90 Å². The summed E-state index contributed by atoms with van der Waals surface area (Å²) in [6, 6.07) is 35.2. The lowest BCUT2D eigenvalue weighted by Crippen LogP contribution is -2.30. The largest absolute Gasteiger partial charge is 0.493 e. The summed E-state index contributed by atoms with van der Waals surface area (Å²) >= 11 is 6.15. The number of methoxy groups -OCH3 is 1. The Balaban J connectivity index is 1.32. The minimum atomic E-state index is -4.10. The van der Waals surface area contributed by atoms with E-state index in [1.165, 1.54) is 25.3 Å². The molecule has 0 spiro atoms. The number of halogens is 1. The van der Waals surface area contributed by atoms with Gasteiger partial charge in [-0.1, -0.05) is 96.5 Å². The van der Waals surface area contributed by atoms with E-state index in [9.17, 15) is 23.4 Å². The summed E-state index contributed by atoms with van der Waals surface area (Å²) in [4.78, 5) is 14.1. The number of hydrogen-bond acceptors (Lipinski definition) is 7. The highest BCUT2D eigenvalue weighted by atomic mass is 35.5. The van der Waals surface area contributed by atoms with Crippen molar-refractivity contribution < 1.29 is 32.9 Å². The van der Waals surface area contributed by atoms with Crippen LogP contribution in [0.2, 0.25) is 5.02 Å². The molecule has 5 aromatic rings. The van der Waals surface area contributed by atoms with Gasteiger partial charge in [0.15, 0.2) is 11.5 Å². The van der Waals surface area contributed by atoms with Gasteiger partial charge in [-0.05, 0) is 59.0 Å². The molecule has 0 unspecified atom stereocenters. The predicted molar refractivity (Wildman–Crippen MR) is 184 cm³/mol. The van der Waals surface area contributed by atoms with Crippen molar-refractivity contribution in [2.75, 3.05) is 20.2 Å². The number of hydrogen-bond donors (Lipinski definition) is 2. The topological polar surface area (TPSA) is 113 Å². The molecular weight excluding hydrogens is 650 g/mol. The van der Waals surface area contributed by atoms with Gasteiger partial charge in [0.2, 0.25) is 9.84 Å². The Morgan fingerprint density at radius 2 is 1.48 bits per heavy atom. The van der Waals surface area contributed by atoms with Gasteiger partial charge < -0.3 is 19.7 Å². The lowest BCUT2D eigenvalue weighted by Gasteiger charge is -2.25. The first kappa shape index (κ1) is 34.7. The second-order valence-electron chi connectivity index (χ2n) is 11.3. The van der Waals surface area contributed by atoms with Crippen LogP contribution >= 0.6 is 11.6 Å². The fourth-order valence-corrected chi connectivity index (χ4v) is 6.82. The molecule has 0 saturated carbocycles. The standard InChI is InChI=1S/C38H36ClNO7S/c1-46-36-23-33(22-34(38(42)43)37(36)47-26-29-11-6-3-7-12-29)48(44,45)32-17-15-27(16-18-32)19-20-40(24-28-9-4-2-5-10-28)25-35(41)30-13-8-14-31(39)21-30/h2-18,21-23,35,41H,19-20,24-26H2,1H3,(H,42,43)/t35-/m1/s1. The molecule has 5 aromatic carbocycles. The number of carboxylic acid groups (broad SMARTS) is 1. The van der Waals surface area contributed by atoms with E-state index >= 15 is 0 Å². The maximum atomic E-state index is 13.7. The summed E-state index contributed by atoms with van der Waals surface area (Å²) in [5.41, 5.74) is 3.23. The second kappa shape index (κ2) is 16.0. The van der Waals surface area contributed by atoms with E-state index in [0.29, 0.717) is 31.1 Å². The van der Waals surface area contributed by atoms with Gasteiger partial charge in [0.1, 0.15) is 12.2 Å². The molecule has 8 nitrogen and oxygen atoms in total. The molecular formula is C38H36ClNO7S. The van der Waals surface area contributed by atoms with Crippen molar-refractivity contribution in [2.24, 2.45) is 0 Å². The number of carboxylic acids is 1. The Morgan fingerprint density at radius 1 is 0.812 bits per heavy atom. The second-order valence-corrected chi connectivity index (χ2v) is 13.7. The first-order valence-corrected chi connectivity index (χ1v) is 17.2. The lowest BCUT2D eigenvalue weighted by atomic mass is 10.1.